The molecule has 1 fully saturated rings. The molecule has 0 radical (unpaired) electrons. The molecule has 0 bridgehead atoms. The lowest BCUT2D eigenvalue weighted by Crippen LogP contribution is -2.43. The van der Waals surface area contributed by atoms with Crippen LogP contribution in [0.2, 0.25) is 20.3 Å². The topological polar surface area (TPSA) is 60.1 Å². The number of aromatic nitrogens is 2. The summed E-state index contributed by atoms with van der Waals surface area (Å²) in [6, 6.07) is 7.81. The Kier molecular flexibility index (Phi) is 7.76. The van der Waals surface area contributed by atoms with E-state index in [1.165, 1.54) is 6.20 Å². The van der Waals surface area contributed by atoms with E-state index >= 15 is 0 Å². The van der Waals surface area contributed by atoms with Crippen LogP contribution in [0.1, 0.15) is 54.6 Å². The van der Waals surface area contributed by atoms with E-state index in [1.54, 1.807) is 17.8 Å². The van der Waals surface area contributed by atoms with E-state index in [0.717, 1.165) is 31.4 Å². The van der Waals surface area contributed by atoms with Crippen LogP contribution in [0.4, 0.5) is 0 Å². The second kappa shape index (κ2) is 10.4. The summed E-state index contributed by atoms with van der Waals surface area (Å²) in [6.07, 6.45) is 4.96. The Bertz CT molecular complexity index is 1140. The lowest BCUT2D eigenvalue weighted by Gasteiger charge is -2.37. The molecule has 0 amide bonds. The van der Waals surface area contributed by atoms with E-state index in [0.29, 0.717) is 38.8 Å². The summed E-state index contributed by atoms with van der Waals surface area (Å²) >= 11 is 25.0. The van der Waals surface area contributed by atoms with Crippen molar-refractivity contribution in [2.24, 2.45) is 13.0 Å². The van der Waals surface area contributed by atoms with Gasteiger partial charge in [0.1, 0.15) is 0 Å². The van der Waals surface area contributed by atoms with Crippen LogP contribution in [0.5, 0.6) is 0 Å². The highest BCUT2D eigenvalue weighted by Gasteiger charge is 2.34. The average Bonchev–Trinajstić information content (AvgIpc) is 3.32. The minimum atomic E-state index is -0.104. The fourth-order valence-electron chi connectivity index (χ4n) is 4.70. The Hall–Kier alpha value is -1.50. The first kappa shape index (κ1) is 24.6. The summed E-state index contributed by atoms with van der Waals surface area (Å²) in [5.74, 6) is 0.372. The highest BCUT2D eigenvalue weighted by molar-refractivity contribution is 6.42. The summed E-state index contributed by atoms with van der Waals surface area (Å²) < 4.78 is 7.25. The number of carbonyl (C=O) groups is 1. The van der Waals surface area contributed by atoms with Crippen LogP contribution in [0, 0.1) is 5.92 Å². The van der Waals surface area contributed by atoms with Gasteiger partial charge in [0.15, 0.2) is 11.5 Å². The number of ketones is 1. The first-order valence-electron chi connectivity index (χ1n) is 11.0. The summed E-state index contributed by atoms with van der Waals surface area (Å²) in [5, 5.41) is 9.36. The number of carbonyl (C=O) groups excluding carboxylic acids is 1. The van der Waals surface area contributed by atoms with Crippen molar-refractivity contribution in [3.8, 4) is 11.3 Å². The normalized spacial score (nSPS) is 20.8. The molecular formula is C24H25Cl4N3O2. The van der Waals surface area contributed by atoms with Crippen LogP contribution in [0.25, 0.3) is 11.3 Å². The molecule has 33 heavy (non-hydrogen) atoms. The summed E-state index contributed by atoms with van der Waals surface area (Å²) in [5.41, 5.74) is 2.26. The van der Waals surface area contributed by atoms with Crippen molar-refractivity contribution in [3.05, 3.63) is 62.1 Å². The number of nitrogens with one attached hydrogen (secondary N) is 1. The first-order valence-corrected chi connectivity index (χ1v) is 12.5. The molecular weight excluding hydrogens is 504 g/mol. The highest BCUT2D eigenvalue weighted by Crippen LogP contribution is 2.40. The molecule has 1 saturated heterocycles. The maximum Gasteiger partial charge on any atom is 0.203 e. The molecule has 4 rings (SSSR count). The Morgan fingerprint density at radius 3 is 2.64 bits per heavy atom. The summed E-state index contributed by atoms with van der Waals surface area (Å²) in [4.78, 5) is 13.2. The monoisotopic (exact) mass is 527 g/mol. The minimum Gasteiger partial charge on any atom is -0.441 e. The van der Waals surface area contributed by atoms with Gasteiger partial charge in [-0.2, -0.15) is 5.10 Å². The van der Waals surface area contributed by atoms with Gasteiger partial charge in [-0.3, -0.25) is 9.48 Å². The van der Waals surface area contributed by atoms with Gasteiger partial charge in [-0.1, -0.05) is 54.2 Å². The fraction of sp³-hybridized carbons (Fsp3) is 0.417. The first-order chi connectivity index (χ1) is 15.8. The molecule has 1 aromatic carbocycles. The number of aryl methyl sites for hydroxylation is 1. The van der Waals surface area contributed by atoms with Gasteiger partial charge in [0.2, 0.25) is 5.22 Å². The SMILES string of the molecule is CCCC1C[C@@H](c2ccc(Cl)c(Cl)c2)[C@H](CC(=O)c2cc(-c3c(Cl)cnn3C)c(Cl)o2)CN1. The van der Waals surface area contributed by atoms with Crippen LogP contribution in [0.15, 0.2) is 34.9 Å². The lowest BCUT2D eigenvalue weighted by atomic mass is 9.75. The molecule has 3 aromatic rings. The van der Waals surface area contributed by atoms with E-state index in [2.05, 4.69) is 17.3 Å². The molecule has 1 unspecified atom stereocenters. The van der Waals surface area contributed by atoms with E-state index in [9.17, 15) is 4.79 Å². The van der Waals surface area contributed by atoms with Crippen molar-refractivity contribution in [1.82, 2.24) is 15.1 Å². The van der Waals surface area contributed by atoms with Gasteiger partial charge in [-0.15, -0.1) is 0 Å². The number of nitrogens with zero attached hydrogens (tertiary/aromatic N) is 2. The number of piperidine rings is 1. The van der Waals surface area contributed by atoms with Gasteiger partial charge in [-0.25, -0.2) is 0 Å². The molecule has 3 heterocycles. The summed E-state index contributed by atoms with van der Waals surface area (Å²) in [7, 11) is 1.76. The van der Waals surface area contributed by atoms with Gasteiger partial charge < -0.3 is 9.73 Å². The maximum atomic E-state index is 13.2. The zero-order chi connectivity index (χ0) is 23.7. The average molecular weight is 529 g/mol. The van der Waals surface area contributed by atoms with Crippen molar-refractivity contribution in [2.45, 2.75) is 44.6 Å². The number of hydrogen-bond acceptors (Lipinski definition) is 4. The maximum absolute atomic E-state index is 13.2. The van der Waals surface area contributed by atoms with Gasteiger partial charge >= 0.3 is 0 Å². The third kappa shape index (κ3) is 5.28. The highest BCUT2D eigenvalue weighted by atomic mass is 35.5. The van der Waals surface area contributed by atoms with E-state index in [4.69, 9.17) is 50.8 Å². The van der Waals surface area contributed by atoms with Gasteiger partial charge in [-0.05, 0) is 66.6 Å². The molecule has 0 spiro atoms. The number of hydrogen-bond donors (Lipinski definition) is 1. The Labute approximate surface area is 213 Å². The van der Waals surface area contributed by atoms with Crippen molar-refractivity contribution < 1.29 is 9.21 Å². The van der Waals surface area contributed by atoms with Gasteiger partial charge in [0.05, 0.1) is 32.5 Å². The zero-order valence-electron chi connectivity index (χ0n) is 18.4. The van der Waals surface area contributed by atoms with Crippen LogP contribution >= 0.6 is 46.4 Å². The number of benzene rings is 1. The standard InChI is InChI=1S/C24H25Cl4N3O2/c1-3-4-15-9-16(13-5-6-18(25)19(26)7-13)14(11-29-15)8-21(32)22-10-17(24(28)33-22)23-20(27)12-30-31(23)2/h5-7,10,12,14-16,29H,3-4,8-9,11H2,1-2H3/t14-,15?,16+/m1/s1. The quantitative estimate of drug-likeness (QED) is 0.324. The van der Waals surface area contributed by atoms with Gasteiger partial charge in [0.25, 0.3) is 0 Å². The van der Waals surface area contributed by atoms with E-state index < -0.39 is 0 Å². The van der Waals surface area contributed by atoms with E-state index in [1.807, 2.05) is 18.2 Å². The van der Waals surface area contributed by atoms with Crippen molar-refractivity contribution in [1.29, 1.82) is 0 Å². The Balaban J connectivity index is 1.58. The molecule has 176 valence electrons. The van der Waals surface area contributed by atoms with Gasteiger partial charge in [0, 0.05) is 19.5 Å². The number of rotatable bonds is 7. The largest absolute Gasteiger partial charge is 0.441 e. The second-order valence-electron chi connectivity index (χ2n) is 8.56. The minimum absolute atomic E-state index is 0.0791. The molecule has 3 atom stereocenters. The van der Waals surface area contributed by atoms with Crippen molar-refractivity contribution in [2.75, 3.05) is 6.54 Å². The van der Waals surface area contributed by atoms with Crippen molar-refractivity contribution in [3.63, 3.8) is 0 Å². The summed E-state index contributed by atoms with van der Waals surface area (Å²) in [6.45, 7) is 2.91. The molecule has 0 aliphatic carbocycles. The fourth-order valence-corrected chi connectivity index (χ4v) is 5.50. The Morgan fingerprint density at radius 1 is 1.18 bits per heavy atom. The molecule has 1 N–H and O–H groups in total. The van der Waals surface area contributed by atoms with Crippen LogP contribution < -0.4 is 5.32 Å². The third-order valence-electron chi connectivity index (χ3n) is 6.34. The van der Waals surface area contributed by atoms with Crippen LogP contribution in [0.3, 0.4) is 0 Å². The third-order valence-corrected chi connectivity index (χ3v) is 7.64. The van der Waals surface area contributed by atoms with Crippen LogP contribution in [-0.2, 0) is 7.05 Å². The molecule has 0 saturated carbocycles. The Morgan fingerprint density at radius 2 is 1.97 bits per heavy atom. The molecule has 5 nitrogen and oxygen atoms in total. The molecule has 1 aliphatic heterocycles. The smallest absolute Gasteiger partial charge is 0.203 e. The van der Waals surface area contributed by atoms with Crippen molar-refractivity contribution >= 4 is 52.2 Å². The van der Waals surface area contributed by atoms with E-state index in [-0.39, 0.29) is 28.6 Å². The molecule has 1 aliphatic rings. The zero-order valence-corrected chi connectivity index (χ0v) is 21.4. The number of halogens is 4. The van der Waals surface area contributed by atoms with Crippen LogP contribution in [-0.4, -0.2) is 28.2 Å². The molecule has 9 heteroatoms. The number of Topliss-reactive ketones (excluding diaryl/α,β-unsaturated/α-hetero) is 1. The predicted molar refractivity (Wildman–Crippen MR) is 134 cm³/mol. The molecule has 2 aromatic heterocycles. The number of furan rings is 1. The predicted octanol–water partition coefficient (Wildman–Crippen LogP) is 7.43. The second-order valence-corrected chi connectivity index (χ2v) is 10.1. The lowest BCUT2D eigenvalue weighted by molar-refractivity contribution is 0.0911.